The second-order valence-corrected chi connectivity index (χ2v) is 23.0. The maximum absolute atomic E-state index is 2.63. The molecule has 0 atom stereocenters. The van der Waals surface area contributed by atoms with Gasteiger partial charge in [-0.1, -0.05) is 121 Å². The SMILES string of the molecule is Bc1c(B)c(B)c(-c2cc(-c3c(B)c(B)c(B)c(B)c3B)cc(-n3c4ccccc4c4ccc(-n5c6ccc(C(C)(C)C)cc6c6cc(C(C)(C)C)ccc65)c(C(C)(C)C)c43)c2)c(B)c1B. The van der Waals surface area contributed by atoms with E-state index in [9.17, 15) is 0 Å². The van der Waals surface area contributed by atoms with E-state index in [1.165, 1.54) is 149 Å². The van der Waals surface area contributed by atoms with Gasteiger partial charge in [0, 0.05) is 32.8 Å². The molecule has 66 heavy (non-hydrogen) atoms. The van der Waals surface area contributed by atoms with E-state index in [4.69, 9.17) is 0 Å². The van der Waals surface area contributed by atoms with Gasteiger partial charge in [-0.3, -0.25) is 0 Å². The molecule has 2 heterocycles. The average molecular weight is 847 g/mol. The lowest BCUT2D eigenvalue weighted by molar-refractivity contribution is 0.590. The summed E-state index contributed by atoms with van der Waals surface area (Å²) in [4.78, 5) is 0. The first-order valence-corrected chi connectivity index (χ1v) is 24.3. The van der Waals surface area contributed by atoms with Crippen LogP contribution < -0.4 is 54.6 Å². The Balaban J connectivity index is 1.47. The Bertz CT molecular complexity index is 3320. The zero-order valence-corrected chi connectivity index (χ0v) is 43.6. The molecular formula is C54H62B10N2. The van der Waals surface area contributed by atoms with Crippen LogP contribution in [0.2, 0.25) is 0 Å². The van der Waals surface area contributed by atoms with Gasteiger partial charge in [0.15, 0.2) is 0 Å². The Morgan fingerprint density at radius 1 is 0.348 bits per heavy atom. The fourth-order valence-electron chi connectivity index (χ4n) is 11.4. The number of benzene rings is 7. The highest BCUT2D eigenvalue weighted by molar-refractivity contribution is 6.70. The summed E-state index contributed by atoms with van der Waals surface area (Å²) in [6.07, 6.45) is 0. The third kappa shape index (κ3) is 7.06. The summed E-state index contributed by atoms with van der Waals surface area (Å²) >= 11 is 0. The first kappa shape index (κ1) is 45.9. The molecule has 0 amide bonds. The van der Waals surface area contributed by atoms with Gasteiger partial charge in [-0.25, -0.2) is 0 Å². The first-order valence-electron chi connectivity index (χ1n) is 24.3. The molecule has 0 spiro atoms. The van der Waals surface area contributed by atoms with E-state index in [0.29, 0.717) is 0 Å². The third-order valence-electron chi connectivity index (χ3n) is 16.1. The minimum Gasteiger partial charge on any atom is -0.309 e. The van der Waals surface area contributed by atoms with Crippen molar-refractivity contribution in [3.63, 3.8) is 0 Å². The Morgan fingerprint density at radius 3 is 1.18 bits per heavy atom. The van der Waals surface area contributed by atoms with E-state index in [1.807, 2.05) is 0 Å². The van der Waals surface area contributed by atoms with Crippen molar-refractivity contribution in [2.24, 2.45) is 0 Å². The fraction of sp³-hybridized carbons (Fsp3) is 0.222. The van der Waals surface area contributed by atoms with Crippen molar-refractivity contribution in [1.82, 2.24) is 9.13 Å². The quantitative estimate of drug-likeness (QED) is 0.177. The summed E-state index contributed by atoms with van der Waals surface area (Å²) in [5.41, 5.74) is 30.2. The number of para-hydroxylation sites is 1. The maximum atomic E-state index is 2.63. The molecule has 0 saturated carbocycles. The topological polar surface area (TPSA) is 9.86 Å². The van der Waals surface area contributed by atoms with Crippen molar-refractivity contribution >= 4 is 177 Å². The van der Waals surface area contributed by atoms with Crippen molar-refractivity contribution in [3.8, 4) is 33.6 Å². The number of fused-ring (bicyclic) bond motifs is 6. The molecule has 0 radical (unpaired) electrons. The molecule has 9 aromatic rings. The predicted molar refractivity (Wildman–Crippen MR) is 324 cm³/mol. The van der Waals surface area contributed by atoms with E-state index < -0.39 is 0 Å². The Hall–Kier alpha value is -5.21. The van der Waals surface area contributed by atoms with Gasteiger partial charge < -0.3 is 9.13 Å². The highest BCUT2D eigenvalue weighted by Crippen LogP contribution is 2.45. The van der Waals surface area contributed by atoms with Crippen molar-refractivity contribution < 1.29 is 0 Å². The Morgan fingerprint density at radius 2 is 0.758 bits per heavy atom. The lowest BCUT2D eigenvalue weighted by atomic mass is 9.59. The molecule has 2 aromatic heterocycles. The van der Waals surface area contributed by atoms with Gasteiger partial charge in [-0.2, -0.15) is 0 Å². The van der Waals surface area contributed by atoms with E-state index in [2.05, 4.69) is 241 Å². The molecule has 0 aliphatic heterocycles. The zero-order valence-electron chi connectivity index (χ0n) is 43.6. The highest BCUT2D eigenvalue weighted by Gasteiger charge is 2.30. The minimum atomic E-state index is -0.238. The van der Waals surface area contributed by atoms with Gasteiger partial charge in [0.1, 0.15) is 78.5 Å². The van der Waals surface area contributed by atoms with Crippen LogP contribution in [0, 0.1) is 0 Å². The second-order valence-electron chi connectivity index (χ2n) is 23.0. The van der Waals surface area contributed by atoms with Crippen LogP contribution in [0.4, 0.5) is 0 Å². The van der Waals surface area contributed by atoms with Crippen LogP contribution >= 0.6 is 0 Å². The molecule has 0 saturated heterocycles. The van der Waals surface area contributed by atoms with Crippen LogP contribution in [0.1, 0.15) is 79.0 Å². The third-order valence-corrected chi connectivity index (χ3v) is 16.1. The average Bonchev–Trinajstić information content (AvgIpc) is 3.77. The summed E-state index contributed by atoms with van der Waals surface area (Å²) in [7, 11) is 23.1. The number of aromatic nitrogens is 2. The molecule has 2 nitrogen and oxygen atoms in total. The van der Waals surface area contributed by atoms with Crippen LogP contribution in [0.5, 0.6) is 0 Å². The normalized spacial score (nSPS) is 12.6. The summed E-state index contributed by atoms with van der Waals surface area (Å²) in [6.45, 7) is 21.2. The summed E-state index contributed by atoms with van der Waals surface area (Å²) in [6, 6.07) is 35.9. The molecule has 0 fully saturated rings. The molecule has 0 aliphatic carbocycles. The summed E-state index contributed by atoms with van der Waals surface area (Å²) in [5, 5.41) is 5.17. The van der Waals surface area contributed by atoms with Gasteiger partial charge in [-0.15, -0.1) is 32.8 Å². The molecule has 12 heteroatoms. The van der Waals surface area contributed by atoms with Gasteiger partial charge in [-0.05, 0) is 104 Å². The number of rotatable bonds is 4. The number of nitrogens with zero attached hydrogens (tertiary/aromatic N) is 2. The molecular weight excluding hydrogens is 785 g/mol. The Labute approximate surface area is 403 Å². The number of hydrogen-bond donors (Lipinski definition) is 0. The van der Waals surface area contributed by atoms with Gasteiger partial charge in [0.2, 0.25) is 0 Å². The van der Waals surface area contributed by atoms with Crippen molar-refractivity contribution in [2.75, 3.05) is 0 Å². The van der Waals surface area contributed by atoms with E-state index in [1.54, 1.807) is 0 Å². The van der Waals surface area contributed by atoms with Crippen molar-refractivity contribution in [2.45, 2.75) is 78.6 Å². The van der Waals surface area contributed by atoms with E-state index in [0.717, 1.165) is 0 Å². The molecule has 0 bridgehead atoms. The van der Waals surface area contributed by atoms with Crippen molar-refractivity contribution in [3.05, 3.63) is 108 Å². The van der Waals surface area contributed by atoms with E-state index >= 15 is 0 Å². The zero-order chi connectivity index (χ0) is 47.8. The van der Waals surface area contributed by atoms with Gasteiger partial charge in [0.05, 0.1) is 27.8 Å². The fourth-order valence-corrected chi connectivity index (χ4v) is 11.4. The molecule has 0 N–H and O–H groups in total. The first-order chi connectivity index (χ1) is 30.8. The van der Waals surface area contributed by atoms with Gasteiger partial charge >= 0.3 is 0 Å². The molecule has 7 aromatic carbocycles. The summed E-state index contributed by atoms with van der Waals surface area (Å²) < 4.78 is 5.21. The molecule has 0 aliphatic rings. The van der Waals surface area contributed by atoms with Crippen LogP contribution in [0.3, 0.4) is 0 Å². The van der Waals surface area contributed by atoms with Crippen LogP contribution in [0.15, 0.2) is 91.0 Å². The van der Waals surface area contributed by atoms with Crippen LogP contribution in [-0.4, -0.2) is 87.6 Å². The molecule has 318 valence electrons. The minimum absolute atomic E-state index is 0.0220. The second kappa shape index (κ2) is 15.7. The molecule has 9 rings (SSSR count). The molecule has 0 unspecified atom stereocenters. The largest absolute Gasteiger partial charge is 0.309 e. The maximum Gasteiger partial charge on any atom is 0.139 e. The van der Waals surface area contributed by atoms with Gasteiger partial charge in [0.25, 0.3) is 0 Å². The van der Waals surface area contributed by atoms with Crippen LogP contribution in [0.25, 0.3) is 77.2 Å². The van der Waals surface area contributed by atoms with Crippen molar-refractivity contribution in [1.29, 1.82) is 0 Å². The standard InChI is InChI=1S/C54H62B10N2/c1-52(2,3)27-14-17-35-32(23-27)33-24-28(53(4,5)6)15-18-36(33)66(35)37-19-16-31-30-12-10-11-13-34(30)65(51(31)40(37)54(7,8)9)29-21-25(38-41(55)45(59)49(63)46(60)42(38)56)20-26(22-29)39-43(57)47(61)50(64)48(62)44(39)58/h10-24H,55-64H2,1-9H3. The van der Waals surface area contributed by atoms with E-state index in [-0.39, 0.29) is 16.2 Å². The lowest BCUT2D eigenvalue weighted by Gasteiger charge is -2.28. The Kier molecular flexibility index (Phi) is 10.9. The highest BCUT2D eigenvalue weighted by atomic mass is 15.0. The number of hydrogen-bond acceptors (Lipinski definition) is 0. The predicted octanol–water partition coefficient (Wildman–Crippen LogP) is -2.31. The smallest absolute Gasteiger partial charge is 0.139 e. The summed E-state index contributed by atoms with van der Waals surface area (Å²) in [5.74, 6) is 0. The van der Waals surface area contributed by atoms with Crippen LogP contribution in [-0.2, 0) is 16.2 Å². The monoisotopic (exact) mass is 849 g/mol. The lowest BCUT2D eigenvalue weighted by Crippen LogP contribution is -2.55.